The molecule has 1 aliphatic rings. The molecule has 0 spiro atoms. The van der Waals surface area contributed by atoms with Crippen molar-refractivity contribution in [2.24, 2.45) is 0 Å². The normalized spacial score (nSPS) is 23.1. The number of hydrogen-bond donors (Lipinski definition) is 1. The summed E-state index contributed by atoms with van der Waals surface area (Å²) in [4.78, 5) is 8.32. The second kappa shape index (κ2) is 11.7. The molecule has 2 aromatic rings. The van der Waals surface area contributed by atoms with Crippen molar-refractivity contribution in [3.63, 3.8) is 0 Å². The lowest BCUT2D eigenvalue weighted by Gasteiger charge is -2.45. The number of aromatic nitrogens is 2. The van der Waals surface area contributed by atoms with Gasteiger partial charge in [-0.15, -0.1) is 0 Å². The van der Waals surface area contributed by atoms with Crippen LogP contribution in [0.5, 0.6) is 17.6 Å². The van der Waals surface area contributed by atoms with E-state index < -0.39 is 26.8 Å². The molecular weight excluding hydrogens is 468 g/mol. The van der Waals surface area contributed by atoms with Crippen molar-refractivity contribution in [1.82, 2.24) is 9.97 Å². The van der Waals surface area contributed by atoms with E-state index in [0.717, 1.165) is 11.3 Å². The highest BCUT2D eigenvalue weighted by molar-refractivity contribution is 6.74. The summed E-state index contributed by atoms with van der Waals surface area (Å²) in [6, 6.07) is 9.49. The van der Waals surface area contributed by atoms with Crippen molar-refractivity contribution < 1.29 is 33.2 Å². The van der Waals surface area contributed by atoms with E-state index in [1.54, 1.807) is 19.4 Å². The highest BCUT2D eigenvalue weighted by Crippen LogP contribution is 2.39. The van der Waals surface area contributed by atoms with E-state index in [4.69, 9.17) is 28.1 Å². The zero-order chi connectivity index (χ0) is 25.6. The van der Waals surface area contributed by atoms with Crippen LogP contribution in [0.4, 0.5) is 0 Å². The molecule has 1 aromatic heterocycles. The molecule has 0 saturated carbocycles. The number of methoxy groups -OCH3 is 2. The fourth-order valence-corrected chi connectivity index (χ4v) is 4.85. The number of nitrogens with zero attached hydrogens (tertiary/aromatic N) is 2. The average molecular weight is 507 g/mol. The van der Waals surface area contributed by atoms with Gasteiger partial charge < -0.3 is 33.2 Å². The first kappa shape index (κ1) is 27.3. The number of aliphatic hydroxyl groups is 1. The summed E-state index contributed by atoms with van der Waals surface area (Å²) < 4.78 is 35.2. The Morgan fingerprint density at radius 3 is 2.43 bits per heavy atom. The van der Waals surface area contributed by atoms with Crippen LogP contribution in [-0.2, 0) is 20.5 Å². The van der Waals surface area contributed by atoms with Gasteiger partial charge in [-0.1, -0.05) is 32.9 Å². The Kier molecular flexibility index (Phi) is 9.11. The molecule has 2 heterocycles. The van der Waals surface area contributed by atoms with E-state index in [2.05, 4.69) is 43.8 Å². The maximum absolute atomic E-state index is 10.5. The minimum absolute atomic E-state index is 0.00276. The molecule has 1 aromatic carbocycles. The largest absolute Gasteiger partial charge is 0.497 e. The molecule has 0 radical (unpaired) electrons. The Bertz CT molecular complexity index is 936. The Labute approximate surface area is 208 Å². The predicted octanol–water partition coefficient (Wildman–Crippen LogP) is 3.96. The van der Waals surface area contributed by atoms with E-state index >= 15 is 0 Å². The Morgan fingerprint density at radius 2 is 1.80 bits per heavy atom. The van der Waals surface area contributed by atoms with Crippen LogP contribution < -0.4 is 14.2 Å². The molecule has 9 nitrogen and oxygen atoms in total. The van der Waals surface area contributed by atoms with Crippen molar-refractivity contribution >= 4 is 8.32 Å². The molecule has 194 valence electrons. The van der Waals surface area contributed by atoms with Gasteiger partial charge in [0.15, 0.2) is 14.6 Å². The standard InChI is InChI=1S/C25H38N2O7Si/c1-25(2,3)35(6,7)34-19-14-22(28)33-20(16-32-24-26-13-12-21(27-24)30-5)23(19)31-15-17-8-10-18(29-4)11-9-17/h8-13,19-20,22-23,28H,14-16H2,1-7H3/t19-,20-,22?,23+/m1/s1. The quantitative estimate of drug-likeness (QED) is 0.480. The number of hydrogen-bond acceptors (Lipinski definition) is 9. The average Bonchev–Trinajstić information content (AvgIpc) is 2.81. The van der Waals surface area contributed by atoms with Gasteiger partial charge in [0.2, 0.25) is 5.88 Å². The SMILES string of the molecule is COc1ccc(CO[C@@H]2[C@@H](COc3nccc(OC)n3)OC(O)C[C@H]2O[Si](C)(C)C(C)(C)C)cc1. The summed E-state index contributed by atoms with van der Waals surface area (Å²) in [5.74, 6) is 1.17. The summed E-state index contributed by atoms with van der Waals surface area (Å²) >= 11 is 0. The van der Waals surface area contributed by atoms with Crippen LogP contribution in [0, 0.1) is 0 Å². The molecule has 10 heteroatoms. The molecule has 0 amide bonds. The van der Waals surface area contributed by atoms with Crippen LogP contribution in [-0.4, -0.2) is 68.8 Å². The molecule has 1 saturated heterocycles. The molecule has 0 bridgehead atoms. The first-order valence-electron chi connectivity index (χ1n) is 11.8. The van der Waals surface area contributed by atoms with Gasteiger partial charge in [-0.3, -0.25) is 0 Å². The fourth-order valence-electron chi connectivity index (χ4n) is 3.51. The maximum Gasteiger partial charge on any atom is 0.319 e. The van der Waals surface area contributed by atoms with Gasteiger partial charge in [0.25, 0.3) is 0 Å². The molecule has 35 heavy (non-hydrogen) atoms. The zero-order valence-electron chi connectivity index (χ0n) is 21.7. The van der Waals surface area contributed by atoms with Crippen LogP contribution in [0.2, 0.25) is 18.1 Å². The van der Waals surface area contributed by atoms with Crippen molar-refractivity contribution in [1.29, 1.82) is 0 Å². The fraction of sp³-hybridized carbons (Fsp3) is 0.600. The molecular formula is C25H38N2O7Si. The van der Waals surface area contributed by atoms with Crippen molar-refractivity contribution in [3.8, 4) is 17.6 Å². The Balaban J connectivity index is 1.79. The third kappa shape index (κ3) is 7.37. The number of ether oxygens (including phenoxy) is 5. The van der Waals surface area contributed by atoms with E-state index in [-0.39, 0.29) is 23.8 Å². The minimum Gasteiger partial charge on any atom is -0.497 e. The van der Waals surface area contributed by atoms with Gasteiger partial charge in [0, 0.05) is 18.7 Å². The van der Waals surface area contributed by atoms with E-state index in [1.165, 1.54) is 7.11 Å². The van der Waals surface area contributed by atoms with Gasteiger partial charge in [-0.05, 0) is 35.8 Å². The van der Waals surface area contributed by atoms with Crippen LogP contribution in [0.1, 0.15) is 32.8 Å². The molecule has 1 N–H and O–H groups in total. The predicted molar refractivity (Wildman–Crippen MR) is 133 cm³/mol. The monoisotopic (exact) mass is 506 g/mol. The smallest absolute Gasteiger partial charge is 0.319 e. The second-order valence-corrected chi connectivity index (χ2v) is 14.9. The zero-order valence-corrected chi connectivity index (χ0v) is 22.7. The third-order valence-electron chi connectivity index (χ3n) is 6.55. The summed E-state index contributed by atoms with van der Waals surface area (Å²) in [6.07, 6.45) is -0.560. The van der Waals surface area contributed by atoms with E-state index in [1.807, 2.05) is 24.3 Å². The third-order valence-corrected chi connectivity index (χ3v) is 11.1. The molecule has 1 aliphatic heterocycles. The number of rotatable bonds is 10. The molecule has 1 fully saturated rings. The van der Waals surface area contributed by atoms with Crippen LogP contribution >= 0.6 is 0 Å². The Hall–Kier alpha value is -2.24. The Morgan fingerprint density at radius 1 is 1.09 bits per heavy atom. The number of aliphatic hydroxyl groups excluding tert-OH is 1. The second-order valence-electron chi connectivity index (χ2n) is 10.1. The van der Waals surface area contributed by atoms with E-state index in [9.17, 15) is 5.11 Å². The molecule has 1 unspecified atom stereocenters. The molecule has 4 atom stereocenters. The van der Waals surface area contributed by atoms with Crippen molar-refractivity contribution in [2.75, 3.05) is 20.8 Å². The molecule has 3 rings (SSSR count). The summed E-state index contributed by atoms with van der Waals surface area (Å²) in [5.41, 5.74) is 0.985. The summed E-state index contributed by atoms with van der Waals surface area (Å²) in [7, 11) is 1.00. The van der Waals surface area contributed by atoms with Crippen LogP contribution in [0.25, 0.3) is 0 Å². The van der Waals surface area contributed by atoms with Gasteiger partial charge in [0.05, 0.1) is 26.9 Å². The van der Waals surface area contributed by atoms with Crippen molar-refractivity contribution in [3.05, 3.63) is 42.1 Å². The lowest BCUT2D eigenvalue weighted by molar-refractivity contribution is -0.248. The highest BCUT2D eigenvalue weighted by Gasteiger charge is 2.46. The first-order valence-corrected chi connectivity index (χ1v) is 14.7. The minimum atomic E-state index is -2.16. The van der Waals surface area contributed by atoms with Crippen LogP contribution in [0.15, 0.2) is 36.5 Å². The highest BCUT2D eigenvalue weighted by atomic mass is 28.4. The summed E-state index contributed by atoms with van der Waals surface area (Å²) in [6.45, 7) is 11.3. The first-order chi connectivity index (χ1) is 16.5. The van der Waals surface area contributed by atoms with Gasteiger partial charge in [-0.2, -0.15) is 4.98 Å². The molecule has 0 aliphatic carbocycles. The lowest BCUT2D eigenvalue weighted by atomic mass is 10.0. The topological polar surface area (TPSA) is 101 Å². The van der Waals surface area contributed by atoms with E-state index in [0.29, 0.717) is 18.9 Å². The lowest BCUT2D eigenvalue weighted by Crippen LogP contribution is -2.57. The van der Waals surface area contributed by atoms with Gasteiger partial charge in [-0.25, -0.2) is 4.98 Å². The van der Waals surface area contributed by atoms with Gasteiger partial charge in [0.1, 0.15) is 24.6 Å². The van der Waals surface area contributed by atoms with Gasteiger partial charge >= 0.3 is 6.01 Å². The number of benzene rings is 1. The van der Waals surface area contributed by atoms with Crippen LogP contribution in [0.3, 0.4) is 0 Å². The maximum atomic E-state index is 10.5. The summed E-state index contributed by atoms with van der Waals surface area (Å²) in [5, 5.41) is 10.5. The van der Waals surface area contributed by atoms with Crippen molar-refractivity contribution in [2.45, 2.75) is 76.5 Å².